The predicted molar refractivity (Wildman–Crippen MR) is 72.6 cm³/mol. The fourth-order valence-electron chi connectivity index (χ4n) is 1.66. The highest BCUT2D eigenvalue weighted by molar-refractivity contribution is 7.92. The predicted octanol–water partition coefficient (Wildman–Crippen LogP) is 1.35. The van der Waals surface area contributed by atoms with Crippen molar-refractivity contribution in [1.82, 2.24) is 0 Å². The van der Waals surface area contributed by atoms with E-state index in [2.05, 4.69) is 0 Å². The number of hydrogen-bond acceptors (Lipinski definition) is 5. The Morgan fingerprint density at radius 1 is 0.800 bits per heavy atom. The first kappa shape index (κ1) is 14.5. The third-order valence-corrected chi connectivity index (χ3v) is 5.48. The molecule has 0 saturated heterocycles. The molecular weight excluding hydrogens is 302 g/mol. The van der Waals surface area contributed by atoms with E-state index in [-0.39, 0.29) is 4.90 Å². The second-order valence-corrected chi connectivity index (χ2v) is 7.30. The average Bonchev–Trinajstić information content (AvgIpc) is 2.38. The smallest absolute Gasteiger partial charge is 0.295 e. The molecule has 0 spiro atoms. The summed E-state index contributed by atoms with van der Waals surface area (Å²) in [6, 6.07) is 10.2. The van der Waals surface area contributed by atoms with E-state index in [0.29, 0.717) is 5.69 Å². The van der Waals surface area contributed by atoms with Gasteiger partial charge in [-0.25, -0.2) is 8.42 Å². The number of nitrogen functional groups attached to an aromatic ring is 1. The van der Waals surface area contributed by atoms with Gasteiger partial charge >= 0.3 is 0 Å². The van der Waals surface area contributed by atoms with Gasteiger partial charge in [-0.05, 0) is 36.4 Å². The summed E-state index contributed by atoms with van der Waals surface area (Å²) in [5, 5.41) is 0. The van der Waals surface area contributed by atoms with Crippen LogP contribution in [0.2, 0.25) is 0 Å². The first-order chi connectivity index (χ1) is 9.23. The lowest BCUT2D eigenvalue weighted by molar-refractivity contribution is 0.480. The Hall–Kier alpha value is -1.90. The van der Waals surface area contributed by atoms with Gasteiger partial charge in [-0.3, -0.25) is 4.55 Å². The summed E-state index contributed by atoms with van der Waals surface area (Å²) >= 11 is 0. The highest BCUT2D eigenvalue weighted by atomic mass is 32.2. The van der Waals surface area contributed by atoms with Gasteiger partial charge in [0.05, 0.1) is 9.79 Å². The van der Waals surface area contributed by atoms with Crippen molar-refractivity contribution < 1.29 is 21.4 Å². The molecule has 2 rings (SSSR count). The van der Waals surface area contributed by atoms with Crippen molar-refractivity contribution in [3.8, 4) is 0 Å². The molecule has 0 aromatic heterocycles. The van der Waals surface area contributed by atoms with Gasteiger partial charge in [0, 0.05) is 5.69 Å². The van der Waals surface area contributed by atoms with Crippen LogP contribution in [0, 0.1) is 0 Å². The second-order valence-electron chi connectivity index (χ2n) is 3.99. The van der Waals surface area contributed by atoms with Gasteiger partial charge in [-0.15, -0.1) is 0 Å². The maximum atomic E-state index is 12.4. The van der Waals surface area contributed by atoms with Crippen molar-refractivity contribution in [2.75, 3.05) is 5.73 Å². The molecule has 0 saturated carbocycles. The van der Waals surface area contributed by atoms with Crippen LogP contribution in [0.15, 0.2) is 63.2 Å². The summed E-state index contributed by atoms with van der Waals surface area (Å²) in [6.45, 7) is 0. The number of nitrogens with two attached hydrogens (primary N) is 1. The minimum absolute atomic E-state index is 0.109. The summed E-state index contributed by atoms with van der Waals surface area (Å²) in [5.41, 5.74) is 5.86. The van der Waals surface area contributed by atoms with E-state index in [1.165, 1.54) is 36.4 Å². The zero-order valence-electron chi connectivity index (χ0n) is 10.1. The van der Waals surface area contributed by atoms with Gasteiger partial charge in [0.25, 0.3) is 10.1 Å². The number of anilines is 1. The lowest BCUT2D eigenvalue weighted by Gasteiger charge is -2.08. The molecule has 0 heterocycles. The molecule has 0 atom stereocenters. The van der Waals surface area contributed by atoms with Crippen molar-refractivity contribution >= 4 is 25.6 Å². The number of benzene rings is 2. The minimum Gasteiger partial charge on any atom is -0.399 e. The Balaban J connectivity index is 2.71. The summed E-state index contributed by atoms with van der Waals surface area (Å²) in [7, 11) is -8.70. The highest BCUT2D eigenvalue weighted by Gasteiger charge is 2.26. The highest BCUT2D eigenvalue weighted by Crippen LogP contribution is 2.27. The first-order valence-electron chi connectivity index (χ1n) is 5.40. The maximum Gasteiger partial charge on any atom is 0.295 e. The second kappa shape index (κ2) is 4.89. The van der Waals surface area contributed by atoms with Gasteiger partial charge in [0.15, 0.2) is 0 Å². The molecule has 106 valence electrons. The lowest BCUT2D eigenvalue weighted by Crippen LogP contribution is -2.09. The molecule has 0 bridgehead atoms. The largest absolute Gasteiger partial charge is 0.399 e. The van der Waals surface area contributed by atoms with Gasteiger partial charge in [-0.1, -0.05) is 12.1 Å². The molecule has 0 fully saturated rings. The Kier molecular flexibility index (Phi) is 3.55. The standard InChI is InChI=1S/C12H11NO5S2/c13-9-5-7-10(8-6-9)19(14,15)11-3-1-2-4-12(11)20(16,17)18/h1-8H,13H2,(H,16,17,18). The first-order valence-corrected chi connectivity index (χ1v) is 8.32. The summed E-state index contributed by atoms with van der Waals surface area (Å²) < 4.78 is 56.4. The van der Waals surface area contributed by atoms with Crippen LogP contribution in [0.3, 0.4) is 0 Å². The number of sulfone groups is 1. The minimum atomic E-state index is -4.64. The fourth-order valence-corrected chi connectivity index (χ4v) is 4.22. The van der Waals surface area contributed by atoms with Crippen LogP contribution in [0.5, 0.6) is 0 Å². The van der Waals surface area contributed by atoms with E-state index in [0.717, 1.165) is 12.1 Å². The van der Waals surface area contributed by atoms with E-state index >= 15 is 0 Å². The molecule has 0 aliphatic carbocycles. The van der Waals surface area contributed by atoms with Crippen LogP contribution < -0.4 is 5.73 Å². The summed E-state index contributed by atoms with van der Waals surface area (Å²) in [4.78, 5) is -1.24. The third-order valence-electron chi connectivity index (χ3n) is 2.61. The molecule has 0 aliphatic heterocycles. The van der Waals surface area contributed by atoms with Crippen molar-refractivity contribution in [1.29, 1.82) is 0 Å². The maximum absolute atomic E-state index is 12.4. The van der Waals surface area contributed by atoms with E-state index < -0.39 is 29.7 Å². The molecular formula is C12H11NO5S2. The van der Waals surface area contributed by atoms with Crippen LogP contribution in [-0.2, 0) is 20.0 Å². The van der Waals surface area contributed by atoms with E-state index in [1.807, 2.05) is 0 Å². The van der Waals surface area contributed by atoms with Gasteiger partial charge in [-0.2, -0.15) is 8.42 Å². The quantitative estimate of drug-likeness (QED) is 0.653. The number of rotatable bonds is 3. The van der Waals surface area contributed by atoms with Crippen LogP contribution >= 0.6 is 0 Å². The molecule has 2 aromatic carbocycles. The summed E-state index contributed by atoms with van der Waals surface area (Å²) in [5.74, 6) is 0. The van der Waals surface area contributed by atoms with Gasteiger partial charge < -0.3 is 5.73 Å². The SMILES string of the molecule is Nc1ccc(S(=O)(=O)c2ccccc2S(=O)(=O)O)cc1. The molecule has 8 heteroatoms. The van der Waals surface area contributed by atoms with Crippen molar-refractivity contribution in [3.05, 3.63) is 48.5 Å². The molecule has 0 amide bonds. The van der Waals surface area contributed by atoms with Crippen molar-refractivity contribution in [2.24, 2.45) is 0 Å². The van der Waals surface area contributed by atoms with Crippen molar-refractivity contribution in [2.45, 2.75) is 14.7 Å². The molecule has 20 heavy (non-hydrogen) atoms. The lowest BCUT2D eigenvalue weighted by atomic mass is 10.3. The van der Waals surface area contributed by atoms with E-state index in [1.54, 1.807) is 0 Å². The molecule has 0 aliphatic rings. The zero-order chi connectivity index (χ0) is 15.0. The molecule has 0 radical (unpaired) electrons. The molecule has 2 aromatic rings. The topological polar surface area (TPSA) is 115 Å². The third kappa shape index (κ3) is 2.67. The Morgan fingerprint density at radius 3 is 1.80 bits per heavy atom. The number of hydrogen-bond donors (Lipinski definition) is 2. The van der Waals surface area contributed by atoms with Crippen LogP contribution in [0.1, 0.15) is 0 Å². The van der Waals surface area contributed by atoms with Gasteiger partial charge in [0.2, 0.25) is 9.84 Å². The van der Waals surface area contributed by atoms with Gasteiger partial charge in [0.1, 0.15) is 4.90 Å². The van der Waals surface area contributed by atoms with E-state index in [9.17, 15) is 16.8 Å². The normalized spacial score (nSPS) is 12.2. The molecule has 0 unspecified atom stereocenters. The van der Waals surface area contributed by atoms with Crippen LogP contribution in [0.25, 0.3) is 0 Å². The monoisotopic (exact) mass is 313 g/mol. The fraction of sp³-hybridized carbons (Fsp3) is 0. The Labute approximate surface area is 116 Å². The van der Waals surface area contributed by atoms with Crippen molar-refractivity contribution in [3.63, 3.8) is 0 Å². The summed E-state index contributed by atoms with van der Waals surface area (Å²) in [6.07, 6.45) is 0. The molecule has 6 nitrogen and oxygen atoms in total. The molecule has 3 N–H and O–H groups in total. The average molecular weight is 313 g/mol. The van der Waals surface area contributed by atoms with E-state index in [4.69, 9.17) is 10.3 Å². The van der Waals surface area contributed by atoms with Crippen LogP contribution in [0.4, 0.5) is 5.69 Å². The Morgan fingerprint density at radius 2 is 1.30 bits per heavy atom. The Bertz CT molecular complexity index is 840. The van der Waals surface area contributed by atoms with Crippen LogP contribution in [-0.4, -0.2) is 21.4 Å². The zero-order valence-corrected chi connectivity index (χ0v) is 11.7.